The zero-order valence-corrected chi connectivity index (χ0v) is 13.6. The minimum Gasteiger partial charge on any atom is -0.366 e. The second-order valence-electron chi connectivity index (χ2n) is 5.02. The molecule has 0 unspecified atom stereocenters. The Labute approximate surface area is 141 Å². The fourth-order valence-electron chi connectivity index (χ4n) is 2.36. The Morgan fingerprint density at radius 1 is 1.17 bits per heavy atom. The Balaban J connectivity index is 2.03. The molecule has 0 atom stereocenters. The van der Waals surface area contributed by atoms with E-state index < -0.39 is 5.91 Å². The average molecular weight is 345 g/mol. The molecule has 3 aromatic rings. The maximum Gasteiger partial charge on any atom is 0.307 e. The van der Waals surface area contributed by atoms with E-state index >= 15 is 0 Å². The number of amides is 1. The molecular weight excluding hydrogens is 332 g/mol. The highest BCUT2D eigenvalue weighted by atomic mass is 35.5. The first-order valence-corrected chi connectivity index (χ1v) is 8.14. The lowest BCUT2D eigenvalue weighted by molar-refractivity contribution is 0.1000. The number of carbonyl (C=O) groups is 1. The van der Waals surface area contributed by atoms with Crippen molar-refractivity contribution >= 4 is 28.8 Å². The second-order valence-corrected chi connectivity index (χ2v) is 6.25. The van der Waals surface area contributed by atoms with Crippen LogP contribution in [0.15, 0.2) is 58.7 Å². The van der Waals surface area contributed by atoms with Crippen molar-refractivity contribution in [2.75, 3.05) is 0 Å². The number of nitrogens with zero attached hydrogens (tertiary/aromatic N) is 1. The quantitative estimate of drug-likeness (QED) is 0.788. The zero-order chi connectivity index (χ0) is 16.4. The number of hydrogen-bond acceptors (Lipinski definition) is 3. The van der Waals surface area contributed by atoms with Gasteiger partial charge >= 0.3 is 4.87 Å². The van der Waals surface area contributed by atoms with E-state index in [0.717, 1.165) is 28.2 Å². The molecule has 0 aliphatic carbocycles. The molecule has 0 aliphatic heterocycles. The van der Waals surface area contributed by atoms with Gasteiger partial charge in [0, 0.05) is 21.5 Å². The second kappa shape index (κ2) is 6.40. The number of thiazole rings is 1. The molecule has 3 rings (SSSR count). The molecule has 1 heterocycles. The molecule has 1 aromatic heterocycles. The lowest BCUT2D eigenvalue weighted by Crippen LogP contribution is -2.16. The first-order chi connectivity index (χ1) is 11.1. The lowest BCUT2D eigenvalue weighted by Gasteiger charge is -2.10. The van der Waals surface area contributed by atoms with Crippen molar-refractivity contribution in [2.45, 2.75) is 6.54 Å². The summed E-state index contributed by atoms with van der Waals surface area (Å²) < 4.78 is 1.64. The predicted octanol–water partition coefficient (Wildman–Crippen LogP) is 3.38. The third kappa shape index (κ3) is 3.21. The van der Waals surface area contributed by atoms with Crippen LogP contribution in [0, 0.1) is 0 Å². The molecule has 2 aromatic carbocycles. The highest BCUT2D eigenvalue weighted by Gasteiger charge is 2.12. The number of aromatic nitrogens is 1. The van der Waals surface area contributed by atoms with Crippen molar-refractivity contribution in [1.82, 2.24) is 4.57 Å². The Morgan fingerprint density at radius 2 is 1.96 bits per heavy atom. The number of hydrogen-bond donors (Lipinski definition) is 1. The molecule has 0 fully saturated rings. The number of carbonyl (C=O) groups excluding carboxylic acids is 1. The summed E-state index contributed by atoms with van der Waals surface area (Å²) in [5, 5.41) is 2.38. The molecular formula is C17H13ClN2O2S. The van der Waals surface area contributed by atoms with E-state index in [0.29, 0.717) is 17.1 Å². The number of rotatable bonds is 4. The van der Waals surface area contributed by atoms with Gasteiger partial charge in [-0.2, -0.15) is 0 Å². The summed E-state index contributed by atoms with van der Waals surface area (Å²) >= 11 is 7.36. The Kier molecular flexibility index (Phi) is 4.32. The Bertz CT molecular complexity index is 930. The topological polar surface area (TPSA) is 65.1 Å². The van der Waals surface area contributed by atoms with Gasteiger partial charge in [0.1, 0.15) is 0 Å². The standard InChI is InChI=1S/C17H13ClN2O2S/c18-14-7-2-1-6-13(14)15-10-23-17(22)20(15)9-11-4-3-5-12(8-11)16(19)21/h1-8,10H,9H2,(H2,19,21). The summed E-state index contributed by atoms with van der Waals surface area (Å²) in [5.41, 5.74) is 8.12. The van der Waals surface area contributed by atoms with Gasteiger partial charge in [0.2, 0.25) is 5.91 Å². The lowest BCUT2D eigenvalue weighted by atomic mass is 10.1. The van der Waals surface area contributed by atoms with Crippen LogP contribution >= 0.6 is 22.9 Å². The van der Waals surface area contributed by atoms with E-state index in [2.05, 4.69) is 0 Å². The van der Waals surface area contributed by atoms with Gasteiger partial charge in [-0.05, 0) is 23.8 Å². The summed E-state index contributed by atoms with van der Waals surface area (Å²) in [7, 11) is 0. The molecule has 0 saturated carbocycles. The molecule has 0 aliphatic rings. The SMILES string of the molecule is NC(=O)c1cccc(Cn2c(-c3ccccc3Cl)csc2=O)c1. The van der Waals surface area contributed by atoms with Gasteiger partial charge in [-0.3, -0.25) is 14.2 Å². The summed E-state index contributed by atoms with van der Waals surface area (Å²) in [6.45, 7) is 0.351. The van der Waals surface area contributed by atoms with E-state index in [-0.39, 0.29) is 4.87 Å². The summed E-state index contributed by atoms with van der Waals surface area (Å²) in [4.78, 5) is 23.4. The van der Waals surface area contributed by atoms with Gasteiger partial charge in [-0.1, -0.05) is 53.3 Å². The van der Waals surface area contributed by atoms with Crippen molar-refractivity contribution in [3.63, 3.8) is 0 Å². The molecule has 0 bridgehead atoms. The van der Waals surface area contributed by atoms with E-state index in [1.807, 2.05) is 24.3 Å². The van der Waals surface area contributed by atoms with Crippen LogP contribution in [0.4, 0.5) is 0 Å². The van der Waals surface area contributed by atoms with Gasteiger partial charge in [0.05, 0.1) is 12.2 Å². The van der Waals surface area contributed by atoms with Gasteiger partial charge in [-0.25, -0.2) is 0 Å². The minimum atomic E-state index is -0.490. The van der Waals surface area contributed by atoms with Gasteiger partial charge in [0.15, 0.2) is 0 Å². The summed E-state index contributed by atoms with van der Waals surface area (Å²) in [5.74, 6) is -0.490. The number of primary amides is 1. The van der Waals surface area contributed by atoms with Gasteiger partial charge < -0.3 is 5.73 Å². The van der Waals surface area contributed by atoms with E-state index in [4.69, 9.17) is 17.3 Å². The minimum absolute atomic E-state index is 0.0793. The monoisotopic (exact) mass is 344 g/mol. The fraction of sp³-hybridized carbons (Fsp3) is 0.0588. The Hall–Kier alpha value is -2.37. The molecule has 2 N–H and O–H groups in total. The maximum absolute atomic E-state index is 12.2. The molecule has 4 nitrogen and oxygen atoms in total. The largest absolute Gasteiger partial charge is 0.366 e. The maximum atomic E-state index is 12.2. The van der Waals surface area contributed by atoms with Crippen molar-refractivity contribution in [1.29, 1.82) is 0 Å². The third-order valence-corrected chi connectivity index (χ3v) is 4.58. The van der Waals surface area contributed by atoms with Crippen LogP contribution in [-0.2, 0) is 6.54 Å². The molecule has 116 valence electrons. The van der Waals surface area contributed by atoms with Crippen LogP contribution < -0.4 is 10.6 Å². The normalized spacial score (nSPS) is 10.7. The van der Waals surface area contributed by atoms with E-state index in [1.165, 1.54) is 0 Å². The highest BCUT2D eigenvalue weighted by molar-refractivity contribution is 7.07. The molecule has 0 spiro atoms. The number of nitrogens with two attached hydrogens (primary N) is 1. The summed E-state index contributed by atoms with van der Waals surface area (Å²) in [6.07, 6.45) is 0. The number of halogens is 1. The molecule has 1 amide bonds. The highest BCUT2D eigenvalue weighted by Crippen LogP contribution is 2.28. The molecule has 23 heavy (non-hydrogen) atoms. The third-order valence-electron chi connectivity index (χ3n) is 3.48. The molecule has 6 heteroatoms. The van der Waals surface area contributed by atoms with E-state index in [1.54, 1.807) is 34.2 Å². The van der Waals surface area contributed by atoms with Crippen molar-refractivity contribution in [3.05, 3.63) is 79.7 Å². The fourth-order valence-corrected chi connectivity index (χ4v) is 3.35. The molecule has 0 saturated heterocycles. The zero-order valence-electron chi connectivity index (χ0n) is 12.0. The van der Waals surface area contributed by atoms with Gasteiger partial charge in [0.25, 0.3) is 0 Å². The first kappa shape index (κ1) is 15.5. The van der Waals surface area contributed by atoms with Crippen molar-refractivity contribution < 1.29 is 4.79 Å². The van der Waals surface area contributed by atoms with Crippen LogP contribution in [-0.4, -0.2) is 10.5 Å². The smallest absolute Gasteiger partial charge is 0.307 e. The van der Waals surface area contributed by atoms with Gasteiger partial charge in [-0.15, -0.1) is 0 Å². The van der Waals surface area contributed by atoms with Crippen molar-refractivity contribution in [3.8, 4) is 11.3 Å². The van der Waals surface area contributed by atoms with Crippen LogP contribution in [0.1, 0.15) is 15.9 Å². The first-order valence-electron chi connectivity index (χ1n) is 6.88. The van der Waals surface area contributed by atoms with Crippen LogP contribution in [0.3, 0.4) is 0 Å². The van der Waals surface area contributed by atoms with Crippen LogP contribution in [0.5, 0.6) is 0 Å². The summed E-state index contributed by atoms with van der Waals surface area (Å²) in [6, 6.07) is 14.3. The number of benzene rings is 2. The Morgan fingerprint density at radius 3 is 2.70 bits per heavy atom. The molecule has 0 radical (unpaired) electrons. The van der Waals surface area contributed by atoms with Crippen LogP contribution in [0.2, 0.25) is 5.02 Å². The van der Waals surface area contributed by atoms with Crippen LogP contribution in [0.25, 0.3) is 11.3 Å². The average Bonchev–Trinajstić information content (AvgIpc) is 2.89. The van der Waals surface area contributed by atoms with Crippen molar-refractivity contribution in [2.24, 2.45) is 5.73 Å². The predicted molar refractivity (Wildman–Crippen MR) is 93.1 cm³/mol. The van der Waals surface area contributed by atoms with E-state index in [9.17, 15) is 9.59 Å².